The summed E-state index contributed by atoms with van der Waals surface area (Å²) in [6.45, 7) is 4.14. The fraction of sp³-hybridized carbons (Fsp3) is 0.429. The van der Waals surface area contributed by atoms with Crippen LogP contribution in [0, 0.1) is 11.3 Å². The van der Waals surface area contributed by atoms with E-state index in [9.17, 15) is 4.79 Å². The van der Waals surface area contributed by atoms with Crippen LogP contribution in [0.5, 0.6) is 0 Å². The lowest BCUT2D eigenvalue weighted by Gasteiger charge is -2.11. The van der Waals surface area contributed by atoms with Crippen molar-refractivity contribution >= 4 is 17.6 Å². The predicted octanol–water partition coefficient (Wildman–Crippen LogP) is 2.97. The standard InChI is InChI=1S/C14H16ClNO2/c1-3-10-5-13(9-16)12(8-15)6-11(10)7-14(17)18-4-2/h5-6H,3-4,7-8H2,1-2H3. The number of hydrogen-bond acceptors (Lipinski definition) is 3. The van der Waals surface area contributed by atoms with Gasteiger partial charge in [-0.05, 0) is 36.1 Å². The molecular formula is C14H16ClNO2. The topological polar surface area (TPSA) is 50.1 Å². The molecule has 0 aliphatic heterocycles. The number of hydrogen-bond donors (Lipinski definition) is 0. The molecule has 0 aromatic heterocycles. The van der Waals surface area contributed by atoms with Crippen LogP contribution in [-0.4, -0.2) is 12.6 Å². The summed E-state index contributed by atoms with van der Waals surface area (Å²) in [4.78, 5) is 11.5. The van der Waals surface area contributed by atoms with Crippen molar-refractivity contribution in [1.82, 2.24) is 0 Å². The molecule has 18 heavy (non-hydrogen) atoms. The molecule has 0 amide bonds. The van der Waals surface area contributed by atoms with E-state index in [-0.39, 0.29) is 18.3 Å². The number of halogens is 1. The Hall–Kier alpha value is -1.53. The summed E-state index contributed by atoms with van der Waals surface area (Å²) in [6.07, 6.45) is 0.999. The molecular weight excluding hydrogens is 250 g/mol. The second kappa shape index (κ2) is 7.03. The summed E-state index contributed by atoms with van der Waals surface area (Å²) in [5, 5.41) is 9.03. The molecule has 0 spiro atoms. The van der Waals surface area contributed by atoms with E-state index in [1.165, 1.54) is 0 Å². The molecule has 0 aliphatic rings. The van der Waals surface area contributed by atoms with E-state index >= 15 is 0 Å². The van der Waals surface area contributed by atoms with E-state index in [1.54, 1.807) is 6.92 Å². The van der Waals surface area contributed by atoms with Crippen molar-refractivity contribution in [3.05, 3.63) is 34.4 Å². The minimum atomic E-state index is -0.252. The summed E-state index contributed by atoms with van der Waals surface area (Å²) in [6, 6.07) is 5.77. The van der Waals surface area contributed by atoms with E-state index in [0.717, 1.165) is 23.1 Å². The number of nitrogens with zero attached hydrogens (tertiary/aromatic N) is 1. The molecule has 0 aliphatic carbocycles. The van der Waals surface area contributed by atoms with Gasteiger partial charge >= 0.3 is 5.97 Å². The first-order valence-electron chi connectivity index (χ1n) is 5.92. The number of ether oxygens (including phenoxy) is 1. The van der Waals surface area contributed by atoms with Crippen molar-refractivity contribution in [2.45, 2.75) is 32.6 Å². The number of benzene rings is 1. The van der Waals surface area contributed by atoms with Crippen LogP contribution in [0.1, 0.15) is 36.1 Å². The molecule has 0 bridgehead atoms. The third kappa shape index (κ3) is 3.48. The number of rotatable bonds is 5. The zero-order valence-electron chi connectivity index (χ0n) is 10.6. The van der Waals surface area contributed by atoms with E-state index in [0.29, 0.717) is 12.2 Å². The van der Waals surface area contributed by atoms with Crippen molar-refractivity contribution in [2.24, 2.45) is 0 Å². The third-order valence-electron chi connectivity index (χ3n) is 2.71. The molecule has 0 unspecified atom stereocenters. The highest BCUT2D eigenvalue weighted by Crippen LogP contribution is 2.20. The molecule has 3 nitrogen and oxygen atoms in total. The van der Waals surface area contributed by atoms with Crippen molar-refractivity contribution in [1.29, 1.82) is 5.26 Å². The van der Waals surface area contributed by atoms with Crippen LogP contribution >= 0.6 is 11.6 Å². The van der Waals surface area contributed by atoms with Crippen molar-refractivity contribution in [3.63, 3.8) is 0 Å². The van der Waals surface area contributed by atoms with Gasteiger partial charge in [-0.2, -0.15) is 5.26 Å². The average Bonchev–Trinajstić information content (AvgIpc) is 2.38. The molecule has 1 aromatic carbocycles. The Bertz CT molecular complexity index is 477. The maximum Gasteiger partial charge on any atom is 0.310 e. The van der Waals surface area contributed by atoms with Crippen LogP contribution in [0.15, 0.2) is 12.1 Å². The van der Waals surface area contributed by atoms with Gasteiger partial charge < -0.3 is 4.74 Å². The van der Waals surface area contributed by atoms with Crippen LogP contribution in [0.4, 0.5) is 0 Å². The van der Waals surface area contributed by atoms with Gasteiger partial charge in [0.1, 0.15) is 0 Å². The molecule has 0 saturated heterocycles. The van der Waals surface area contributed by atoms with Crippen LogP contribution < -0.4 is 0 Å². The second-order valence-electron chi connectivity index (χ2n) is 3.86. The van der Waals surface area contributed by atoms with Crippen LogP contribution in [-0.2, 0) is 28.3 Å². The lowest BCUT2D eigenvalue weighted by Crippen LogP contribution is -2.10. The van der Waals surface area contributed by atoms with Gasteiger partial charge in [0.2, 0.25) is 0 Å². The number of carbonyl (C=O) groups excluding carboxylic acids is 1. The van der Waals surface area contributed by atoms with Gasteiger partial charge in [0.25, 0.3) is 0 Å². The molecule has 96 valence electrons. The second-order valence-corrected chi connectivity index (χ2v) is 4.13. The SMILES string of the molecule is CCOC(=O)Cc1cc(CCl)c(C#N)cc1CC. The highest BCUT2D eigenvalue weighted by Gasteiger charge is 2.12. The fourth-order valence-electron chi connectivity index (χ4n) is 1.82. The van der Waals surface area contributed by atoms with Crippen molar-refractivity contribution < 1.29 is 9.53 Å². The summed E-state index contributed by atoms with van der Waals surface area (Å²) in [7, 11) is 0. The van der Waals surface area contributed by atoms with E-state index in [1.807, 2.05) is 19.1 Å². The lowest BCUT2D eigenvalue weighted by molar-refractivity contribution is -0.142. The Labute approximate surface area is 112 Å². The molecule has 0 N–H and O–H groups in total. The van der Waals surface area contributed by atoms with Gasteiger partial charge in [0, 0.05) is 5.88 Å². The molecule has 1 rings (SSSR count). The number of aryl methyl sites for hydroxylation is 1. The van der Waals surface area contributed by atoms with Crippen LogP contribution in [0.2, 0.25) is 0 Å². The van der Waals surface area contributed by atoms with Crippen LogP contribution in [0.3, 0.4) is 0 Å². The summed E-state index contributed by atoms with van der Waals surface area (Å²) < 4.78 is 4.94. The third-order valence-corrected chi connectivity index (χ3v) is 3.00. The quantitative estimate of drug-likeness (QED) is 0.607. The summed E-state index contributed by atoms with van der Waals surface area (Å²) in [5.41, 5.74) is 3.23. The Morgan fingerprint density at radius 3 is 2.56 bits per heavy atom. The molecule has 0 atom stereocenters. The summed E-state index contributed by atoms with van der Waals surface area (Å²) >= 11 is 5.81. The minimum Gasteiger partial charge on any atom is -0.466 e. The van der Waals surface area contributed by atoms with Gasteiger partial charge in [-0.15, -0.1) is 11.6 Å². The molecule has 0 fully saturated rings. The molecule has 4 heteroatoms. The number of esters is 1. The van der Waals surface area contributed by atoms with Gasteiger partial charge in [-0.1, -0.05) is 13.0 Å². The summed E-state index contributed by atoms with van der Waals surface area (Å²) in [5.74, 6) is 0.0142. The minimum absolute atomic E-state index is 0.229. The smallest absolute Gasteiger partial charge is 0.310 e. The van der Waals surface area contributed by atoms with Gasteiger partial charge in [0.05, 0.1) is 24.7 Å². The Morgan fingerprint density at radius 1 is 1.33 bits per heavy atom. The predicted molar refractivity (Wildman–Crippen MR) is 70.4 cm³/mol. The lowest BCUT2D eigenvalue weighted by atomic mass is 9.96. The maximum atomic E-state index is 11.5. The fourth-order valence-corrected chi connectivity index (χ4v) is 2.04. The maximum absolute atomic E-state index is 11.5. The van der Waals surface area contributed by atoms with Gasteiger partial charge in [-0.25, -0.2) is 0 Å². The zero-order chi connectivity index (χ0) is 13.5. The molecule has 0 saturated carbocycles. The zero-order valence-corrected chi connectivity index (χ0v) is 11.4. The molecule has 0 heterocycles. The largest absolute Gasteiger partial charge is 0.466 e. The monoisotopic (exact) mass is 265 g/mol. The molecule has 1 aromatic rings. The average molecular weight is 266 g/mol. The van der Waals surface area contributed by atoms with Crippen LogP contribution in [0.25, 0.3) is 0 Å². The highest BCUT2D eigenvalue weighted by atomic mass is 35.5. The number of alkyl halides is 1. The van der Waals surface area contributed by atoms with Crippen molar-refractivity contribution in [2.75, 3.05) is 6.61 Å². The normalized spacial score (nSPS) is 9.89. The first-order valence-corrected chi connectivity index (χ1v) is 6.46. The van der Waals surface area contributed by atoms with Gasteiger partial charge in [-0.3, -0.25) is 4.79 Å². The van der Waals surface area contributed by atoms with Crippen molar-refractivity contribution in [3.8, 4) is 6.07 Å². The highest BCUT2D eigenvalue weighted by molar-refractivity contribution is 6.17. The van der Waals surface area contributed by atoms with E-state index in [2.05, 4.69) is 6.07 Å². The Morgan fingerprint density at radius 2 is 2.06 bits per heavy atom. The van der Waals surface area contributed by atoms with E-state index in [4.69, 9.17) is 21.6 Å². The Kier molecular flexibility index (Phi) is 5.67. The van der Waals surface area contributed by atoms with E-state index < -0.39 is 0 Å². The number of carbonyl (C=O) groups is 1. The molecule has 0 radical (unpaired) electrons. The Balaban J connectivity index is 3.10. The number of nitriles is 1. The van der Waals surface area contributed by atoms with Gasteiger partial charge in [0.15, 0.2) is 0 Å². The first kappa shape index (κ1) is 14.5. The first-order chi connectivity index (χ1) is 8.65.